The molecule has 0 bridgehead atoms. The molecule has 0 saturated heterocycles. The van der Waals surface area contributed by atoms with Gasteiger partial charge in [0.05, 0.1) is 0 Å². The van der Waals surface area contributed by atoms with Gasteiger partial charge in [-0.3, -0.25) is 0 Å². The molecule has 0 heterocycles. The second-order valence-corrected chi connectivity index (χ2v) is 4.46. The minimum absolute atomic E-state index is 0.0311. The zero-order valence-corrected chi connectivity index (χ0v) is 10.4. The Hall–Kier alpha value is -1.09. The summed E-state index contributed by atoms with van der Waals surface area (Å²) in [6.07, 6.45) is 0.0311. The van der Waals surface area contributed by atoms with Gasteiger partial charge in [-0.15, -0.1) is 0 Å². The Balaban J connectivity index is 2.52. The Kier molecular flexibility index (Phi) is 4.74. The summed E-state index contributed by atoms with van der Waals surface area (Å²) in [7, 11) is 0. The topological polar surface area (TPSA) is 21.3 Å². The van der Waals surface area contributed by atoms with Gasteiger partial charge >= 0.3 is 0 Å². The lowest BCUT2D eigenvalue weighted by atomic mass is 10.2. The average molecular weight is 225 g/mol. The summed E-state index contributed by atoms with van der Waals surface area (Å²) in [6.45, 7) is 8.74. The predicted octanol–water partition coefficient (Wildman–Crippen LogP) is 2.90. The molecule has 0 amide bonds. The molecule has 1 atom stereocenters. The van der Waals surface area contributed by atoms with Crippen molar-refractivity contribution in [2.45, 2.75) is 39.8 Å². The Morgan fingerprint density at radius 2 is 1.94 bits per heavy atom. The molecule has 1 rings (SSSR count). The highest BCUT2D eigenvalue weighted by Crippen LogP contribution is 2.16. The molecule has 3 heteroatoms. The minimum Gasteiger partial charge on any atom is -0.489 e. The first-order valence-corrected chi connectivity index (χ1v) is 5.64. The van der Waals surface area contributed by atoms with Crippen LogP contribution in [0.1, 0.15) is 26.3 Å². The molecule has 0 aliphatic heterocycles. The summed E-state index contributed by atoms with van der Waals surface area (Å²) in [5, 5.41) is 3.28. The zero-order valence-electron chi connectivity index (χ0n) is 10.4. The third-order valence-electron chi connectivity index (χ3n) is 2.17. The Morgan fingerprint density at radius 3 is 2.50 bits per heavy atom. The molecule has 1 aromatic carbocycles. The van der Waals surface area contributed by atoms with Gasteiger partial charge in [0, 0.05) is 18.7 Å². The Bertz CT molecular complexity index is 318. The van der Waals surface area contributed by atoms with E-state index in [0.29, 0.717) is 11.8 Å². The van der Waals surface area contributed by atoms with Gasteiger partial charge < -0.3 is 10.1 Å². The van der Waals surface area contributed by atoms with Crippen LogP contribution >= 0.6 is 0 Å². The summed E-state index contributed by atoms with van der Waals surface area (Å²) in [5.74, 6) is 0.342. The molecule has 0 spiro atoms. The molecular formula is C13H20FNO. The van der Waals surface area contributed by atoms with Crippen LogP contribution in [0.5, 0.6) is 5.75 Å². The van der Waals surface area contributed by atoms with Crippen LogP contribution < -0.4 is 10.1 Å². The van der Waals surface area contributed by atoms with Crippen molar-refractivity contribution in [2.24, 2.45) is 0 Å². The van der Waals surface area contributed by atoms with Gasteiger partial charge in [-0.05, 0) is 31.5 Å². The van der Waals surface area contributed by atoms with E-state index in [0.717, 1.165) is 12.1 Å². The number of halogens is 1. The molecule has 0 saturated carbocycles. The van der Waals surface area contributed by atoms with Gasteiger partial charge in [-0.2, -0.15) is 0 Å². The van der Waals surface area contributed by atoms with Crippen LogP contribution in [0.25, 0.3) is 0 Å². The number of ether oxygens (including phenoxy) is 1. The minimum atomic E-state index is -0.251. The van der Waals surface area contributed by atoms with Crippen LogP contribution in [0.15, 0.2) is 18.2 Å². The largest absolute Gasteiger partial charge is 0.489 e. The molecule has 0 aromatic heterocycles. The van der Waals surface area contributed by atoms with Crippen molar-refractivity contribution in [1.29, 1.82) is 0 Å². The van der Waals surface area contributed by atoms with Gasteiger partial charge in [-0.25, -0.2) is 4.39 Å². The van der Waals surface area contributed by atoms with Gasteiger partial charge in [0.25, 0.3) is 0 Å². The van der Waals surface area contributed by atoms with E-state index >= 15 is 0 Å². The molecule has 1 N–H and O–H groups in total. The third-order valence-corrected chi connectivity index (χ3v) is 2.17. The molecule has 0 fully saturated rings. The standard InChI is InChI=1S/C13H20FNO/c1-9(2)15-8-11(4)16-13-6-10(3)5-12(14)7-13/h5-7,9,11,15H,8H2,1-4H3/t11-/m0/s1. The Morgan fingerprint density at radius 1 is 1.25 bits per heavy atom. The highest BCUT2D eigenvalue weighted by molar-refractivity contribution is 5.28. The lowest BCUT2D eigenvalue weighted by Gasteiger charge is -2.17. The van der Waals surface area contributed by atoms with Crippen LogP contribution in [-0.4, -0.2) is 18.7 Å². The van der Waals surface area contributed by atoms with E-state index in [-0.39, 0.29) is 11.9 Å². The fraction of sp³-hybridized carbons (Fsp3) is 0.538. The maximum Gasteiger partial charge on any atom is 0.127 e. The van der Waals surface area contributed by atoms with Crippen molar-refractivity contribution in [1.82, 2.24) is 5.32 Å². The number of aryl methyl sites for hydroxylation is 1. The number of rotatable bonds is 5. The van der Waals surface area contributed by atoms with Crippen molar-refractivity contribution in [2.75, 3.05) is 6.54 Å². The van der Waals surface area contributed by atoms with E-state index in [4.69, 9.17) is 4.74 Å². The summed E-state index contributed by atoms with van der Waals surface area (Å²) in [4.78, 5) is 0. The van der Waals surface area contributed by atoms with E-state index in [2.05, 4.69) is 19.2 Å². The molecule has 16 heavy (non-hydrogen) atoms. The maximum atomic E-state index is 13.1. The van der Waals surface area contributed by atoms with Crippen molar-refractivity contribution in [3.63, 3.8) is 0 Å². The number of hydrogen-bond acceptors (Lipinski definition) is 2. The molecule has 2 nitrogen and oxygen atoms in total. The average Bonchev–Trinajstić information content (AvgIpc) is 2.12. The Labute approximate surface area is 96.8 Å². The molecule has 0 aliphatic rings. The second kappa shape index (κ2) is 5.85. The summed E-state index contributed by atoms with van der Waals surface area (Å²) >= 11 is 0. The van der Waals surface area contributed by atoms with Crippen LogP contribution in [0.4, 0.5) is 4.39 Å². The fourth-order valence-corrected chi connectivity index (χ4v) is 1.45. The first-order chi connectivity index (χ1) is 7.47. The predicted molar refractivity (Wildman–Crippen MR) is 64.4 cm³/mol. The van der Waals surface area contributed by atoms with Crippen LogP contribution in [0, 0.1) is 12.7 Å². The lowest BCUT2D eigenvalue weighted by molar-refractivity contribution is 0.212. The molecule has 0 aliphatic carbocycles. The van der Waals surface area contributed by atoms with Crippen LogP contribution in [0.2, 0.25) is 0 Å². The van der Waals surface area contributed by atoms with Crippen LogP contribution in [-0.2, 0) is 0 Å². The first kappa shape index (κ1) is 13.0. The van der Waals surface area contributed by atoms with E-state index in [1.807, 2.05) is 19.9 Å². The SMILES string of the molecule is Cc1cc(F)cc(O[C@@H](C)CNC(C)C)c1. The van der Waals surface area contributed by atoms with Crippen molar-refractivity contribution in [3.8, 4) is 5.75 Å². The summed E-state index contributed by atoms with van der Waals surface area (Å²) in [5.41, 5.74) is 0.874. The van der Waals surface area contributed by atoms with E-state index in [9.17, 15) is 4.39 Å². The number of hydrogen-bond donors (Lipinski definition) is 1. The maximum absolute atomic E-state index is 13.1. The molecule has 90 valence electrons. The third kappa shape index (κ3) is 4.62. The normalized spacial score (nSPS) is 12.9. The monoisotopic (exact) mass is 225 g/mol. The quantitative estimate of drug-likeness (QED) is 0.832. The molecule has 1 aromatic rings. The van der Waals surface area contributed by atoms with Crippen molar-refractivity contribution < 1.29 is 9.13 Å². The van der Waals surface area contributed by atoms with Crippen molar-refractivity contribution >= 4 is 0 Å². The number of benzene rings is 1. The summed E-state index contributed by atoms with van der Waals surface area (Å²) in [6, 6.07) is 5.18. The highest BCUT2D eigenvalue weighted by Gasteiger charge is 2.06. The van der Waals surface area contributed by atoms with Crippen LogP contribution in [0.3, 0.4) is 0 Å². The number of nitrogens with one attached hydrogen (secondary N) is 1. The summed E-state index contributed by atoms with van der Waals surface area (Å²) < 4.78 is 18.7. The van der Waals surface area contributed by atoms with E-state index in [1.165, 1.54) is 12.1 Å². The molecule has 0 radical (unpaired) electrons. The first-order valence-electron chi connectivity index (χ1n) is 5.64. The second-order valence-electron chi connectivity index (χ2n) is 4.46. The van der Waals surface area contributed by atoms with E-state index < -0.39 is 0 Å². The van der Waals surface area contributed by atoms with Gasteiger partial charge in [0.1, 0.15) is 17.7 Å². The highest BCUT2D eigenvalue weighted by atomic mass is 19.1. The fourth-order valence-electron chi connectivity index (χ4n) is 1.45. The van der Waals surface area contributed by atoms with Gasteiger partial charge in [0.2, 0.25) is 0 Å². The smallest absolute Gasteiger partial charge is 0.127 e. The lowest BCUT2D eigenvalue weighted by Crippen LogP contribution is -2.33. The molecular weight excluding hydrogens is 205 g/mol. The van der Waals surface area contributed by atoms with Gasteiger partial charge in [0.15, 0.2) is 0 Å². The zero-order chi connectivity index (χ0) is 12.1. The molecule has 0 unspecified atom stereocenters. The van der Waals surface area contributed by atoms with E-state index in [1.54, 1.807) is 0 Å². The van der Waals surface area contributed by atoms with Gasteiger partial charge in [-0.1, -0.05) is 13.8 Å². The van der Waals surface area contributed by atoms with Crippen molar-refractivity contribution in [3.05, 3.63) is 29.6 Å².